The van der Waals surface area contributed by atoms with Crippen LogP contribution < -0.4 is 4.74 Å². The Morgan fingerprint density at radius 2 is 1.76 bits per heavy atom. The van der Waals surface area contributed by atoms with Gasteiger partial charge in [0.2, 0.25) is 0 Å². The molecule has 2 nitrogen and oxygen atoms in total. The maximum absolute atomic E-state index is 11.7. The van der Waals surface area contributed by atoms with E-state index < -0.39 is 5.60 Å². The van der Waals surface area contributed by atoms with E-state index in [0.29, 0.717) is 5.92 Å². The Bertz CT molecular complexity index is 524. The van der Waals surface area contributed by atoms with Crippen molar-refractivity contribution < 1.29 is 9.84 Å². The summed E-state index contributed by atoms with van der Waals surface area (Å²) < 4.78 is 5.72. The monoisotopic (exact) mass is 288 g/mol. The lowest BCUT2D eigenvalue weighted by Crippen LogP contribution is -2.51. The number of hydrogen-bond acceptors (Lipinski definition) is 2. The molecule has 2 heteroatoms. The Kier molecular flexibility index (Phi) is 3.18. The second-order valence-corrected chi connectivity index (χ2v) is 8.12. The van der Waals surface area contributed by atoms with Gasteiger partial charge in [0.15, 0.2) is 0 Å². The fourth-order valence-electron chi connectivity index (χ4n) is 5.03. The van der Waals surface area contributed by atoms with Crippen molar-refractivity contribution in [2.75, 3.05) is 0 Å². The Morgan fingerprint density at radius 3 is 2.24 bits per heavy atom. The Labute approximate surface area is 128 Å². The number of aliphatic hydroxyl groups is 1. The van der Waals surface area contributed by atoms with Crippen LogP contribution in [-0.4, -0.2) is 11.2 Å². The van der Waals surface area contributed by atoms with Gasteiger partial charge in [-0.1, -0.05) is 32.9 Å². The molecule has 1 N–H and O–H groups in total. The molecule has 0 heterocycles. The van der Waals surface area contributed by atoms with Crippen LogP contribution in [0.25, 0.3) is 0 Å². The molecule has 3 unspecified atom stereocenters. The topological polar surface area (TPSA) is 29.5 Å². The van der Waals surface area contributed by atoms with Crippen LogP contribution in [0, 0.1) is 16.7 Å². The van der Waals surface area contributed by atoms with Crippen LogP contribution in [0.4, 0.5) is 0 Å². The van der Waals surface area contributed by atoms with Crippen molar-refractivity contribution >= 4 is 0 Å². The van der Waals surface area contributed by atoms with Crippen molar-refractivity contribution in [3.8, 4) is 5.75 Å². The van der Waals surface area contributed by atoms with E-state index in [1.807, 2.05) is 26.0 Å². The van der Waals surface area contributed by atoms with E-state index in [9.17, 15) is 5.11 Å². The second kappa shape index (κ2) is 4.49. The summed E-state index contributed by atoms with van der Waals surface area (Å²) in [7, 11) is 0. The minimum Gasteiger partial charge on any atom is -0.491 e. The zero-order valence-corrected chi connectivity index (χ0v) is 13.9. The third-order valence-corrected chi connectivity index (χ3v) is 6.21. The van der Waals surface area contributed by atoms with E-state index in [0.717, 1.165) is 24.2 Å². The average Bonchev–Trinajstić information content (AvgIpc) is 2.87. The SMILES string of the molecule is CC(C)Oc1ccc(C2(O)C3(C)CCC(C3)C2(C)C)cc1. The highest BCUT2D eigenvalue weighted by molar-refractivity contribution is 5.37. The molecule has 2 saturated carbocycles. The number of rotatable bonds is 3. The van der Waals surface area contributed by atoms with Gasteiger partial charge in [-0.15, -0.1) is 0 Å². The van der Waals surface area contributed by atoms with Crippen molar-refractivity contribution in [1.29, 1.82) is 0 Å². The van der Waals surface area contributed by atoms with E-state index >= 15 is 0 Å². The lowest BCUT2D eigenvalue weighted by Gasteiger charge is -2.51. The van der Waals surface area contributed by atoms with Gasteiger partial charge >= 0.3 is 0 Å². The highest BCUT2D eigenvalue weighted by atomic mass is 16.5. The minimum atomic E-state index is -0.737. The zero-order valence-electron chi connectivity index (χ0n) is 13.9. The van der Waals surface area contributed by atoms with E-state index in [1.54, 1.807) is 0 Å². The lowest BCUT2D eigenvalue weighted by molar-refractivity contribution is -0.150. The summed E-state index contributed by atoms with van der Waals surface area (Å²) in [6, 6.07) is 8.12. The van der Waals surface area contributed by atoms with Crippen LogP contribution in [0.2, 0.25) is 0 Å². The molecular formula is C19H28O2. The molecule has 0 amide bonds. The first-order chi connectivity index (χ1) is 9.71. The van der Waals surface area contributed by atoms with Crippen LogP contribution in [-0.2, 0) is 5.60 Å². The van der Waals surface area contributed by atoms with Crippen molar-refractivity contribution in [3.63, 3.8) is 0 Å². The standard InChI is InChI=1S/C19H28O2/c1-13(2)21-16-8-6-14(7-9-16)19(20)17(3,4)15-10-11-18(19,5)12-15/h6-9,13,15,20H,10-12H2,1-5H3. The molecule has 21 heavy (non-hydrogen) atoms. The largest absolute Gasteiger partial charge is 0.491 e. The average molecular weight is 288 g/mol. The summed E-state index contributed by atoms with van der Waals surface area (Å²) >= 11 is 0. The molecule has 3 atom stereocenters. The molecule has 0 saturated heterocycles. The summed E-state index contributed by atoms with van der Waals surface area (Å²) in [5.41, 5.74) is 0.245. The summed E-state index contributed by atoms with van der Waals surface area (Å²) in [5.74, 6) is 1.50. The Hall–Kier alpha value is -1.02. The maximum atomic E-state index is 11.7. The van der Waals surface area contributed by atoms with Crippen molar-refractivity contribution in [3.05, 3.63) is 29.8 Å². The lowest BCUT2D eigenvalue weighted by atomic mass is 9.58. The fourth-order valence-corrected chi connectivity index (χ4v) is 5.03. The smallest absolute Gasteiger partial charge is 0.119 e. The predicted octanol–water partition coefficient (Wildman–Crippen LogP) is 4.51. The van der Waals surface area contributed by atoms with Crippen molar-refractivity contribution in [2.24, 2.45) is 16.7 Å². The first-order valence-corrected chi connectivity index (χ1v) is 8.20. The molecule has 3 rings (SSSR count). The first-order valence-electron chi connectivity index (χ1n) is 8.20. The molecule has 1 aromatic rings. The third-order valence-electron chi connectivity index (χ3n) is 6.21. The number of benzene rings is 1. The number of hydrogen-bond donors (Lipinski definition) is 1. The van der Waals surface area contributed by atoms with Crippen LogP contribution in [0.5, 0.6) is 5.75 Å². The van der Waals surface area contributed by atoms with E-state index in [-0.39, 0.29) is 16.9 Å². The molecule has 2 aliphatic carbocycles. The predicted molar refractivity (Wildman–Crippen MR) is 85.3 cm³/mol. The molecule has 0 aromatic heterocycles. The highest BCUT2D eigenvalue weighted by Crippen LogP contribution is 2.71. The van der Waals surface area contributed by atoms with Gasteiger partial charge in [0.1, 0.15) is 11.4 Å². The van der Waals surface area contributed by atoms with E-state index in [4.69, 9.17) is 4.74 Å². The summed E-state index contributed by atoms with van der Waals surface area (Å²) in [6.07, 6.45) is 3.69. The third kappa shape index (κ3) is 1.88. The van der Waals surface area contributed by atoms with Crippen LogP contribution in [0.3, 0.4) is 0 Å². The van der Waals surface area contributed by atoms with Crippen LogP contribution in [0.15, 0.2) is 24.3 Å². The maximum Gasteiger partial charge on any atom is 0.119 e. The molecule has 2 aliphatic rings. The molecule has 116 valence electrons. The molecule has 0 spiro atoms. The summed E-state index contributed by atoms with van der Waals surface area (Å²) in [4.78, 5) is 0. The van der Waals surface area contributed by atoms with Crippen molar-refractivity contribution in [1.82, 2.24) is 0 Å². The number of fused-ring (bicyclic) bond motifs is 2. The summed E-state index contributed by atoms with van der Waals surface area (Å²) in [5, 5.41) is 11.7. The highest BCUT2D eigenvalue weighted by Gasteiger charge is 2.68. The number of ether oxygens (including phenoxy) is 1. The zero-order chi connectivity index (χ0) is 15.5. The van der Waals surface area contributed by atoms with Gasteiger partial charge in [0.25, 0.3) is 0 Å². The normalized spacial score (nSPS) is 37.2. The van der Waals surface area contributed by atoms with Gasteiger partial charge in [0, 0.05) is 10.8 Å². The first kappa shape index (κ1) is 14.9. The van der Waals surface area contributed by atoms with E-state index in [2.05, 4.69) is 32.9 Å². The quantitative estimate of drug-likeness (QED) is 0.887. The molecule has 0 aliphatic heterocycles. The molecule has 2 bridgehead atoms. The van der Waals surface area contributed by atoms with Crippen LogP contribution >= 0.6 is 0 Å². The van der Waals surface area contributed by atoms with Gasteiger partial charge in [-0.05, 0) is 56.7 Å². The molecule has 2 fully saturated rings. The Morgan fingerprint density at radius 1 is 1.14 bits per heavy atom. The molecular weight excluding hydrogens is 260 g/mol. The van der Waals surface area contributed by atoms with Crippen LogP contribution in [0.1, 0.15) is 59.4 Å². The van der Waals surface area contributed by atoms with E-state index in [1.165, 1.54) is 6.42 Å². The fraction of sp³-hybridized carbons (Fsp3) is 0.684. The minimum absolute atomic E-state index is 0.00158. The van der Waals surface area contributed by atoms with Crippen molar-refractivity contribution in [2.45, 2.75) is 65.6 Å². The van der Waals surface area contributed by atoms with Gasteiger partial charge < -0.3 is 9.84 Å². The van der Waals surface area contributed by atoms with Gasteiger partial charge in [-0.25, -0.2) is 0 Å². The van der Waals surface area contributed by atoms with Gasteiger partial charge in [-0.2, -0.15) is 0 Å². The second-order valence-electron chi connectivity index (χ2n) is 8.12. The Balaban J connectivity index is 1.98. The molecule has 1 aromatic carbocycles. The van der Waals surface area contributed by atoms with Gasteiger partial charge in [-0.3, -0.25) is 0 Å². The molecule has 0 radical (unpaired) electrons. The van der Waals surface area contributed by atoms with Gasteiger partial charge in [0.05, 0.1) is 6.10 Å². The summed E-state index contributed by atoms with van der Waals surface area (Å²) in [6.45, 7) is 10.8.